The molecular weight excluding hydrogens is 342 g/mol. The summed E-state index contributed by atoms with van der Waals surface area (Å²) >= 11 is 1.19. The minimum atomic E-state index is -1.08. The Labute approximate surface area is 146 Å². The molecule has 3 aromatic rings. The fourth-order valence-electron chi connectivity index (χ4n) is 2.21. The molecule has 0 fully saturated rings. The first-order valence-electron chi connectivity index (χ1n) is 7.27. The van der Waals surface area contributed by atoms with E-state index < -0.39 is 5.97 Å². The summed E-state index contributed by atoms with van der Waals surface area (Å²) in [5.74, 6) is -1.30. The highest BCUT2D eigenvalue weighted by atomic mass is 32.1. The van der Waals surface area contributed by atoms with Crippen LogP contribution in [0.3, 0.4) is 0 Å². The van der Waals surface area contributed by atoms with Crippen molar-refractivity contribution in [1.82, 2.24) is 10.2 Å². The Morgan fingerprint density at radius 1 is 1.04 bits per heavy atom. The average molecular weight is 355 g/mol. The molecule has 7 nitrogen and oxygen atoms in total. The number of rotatable bonds is 5. The zero-order valence-corrected chi connectivity index (χ0v) is 13.7. The van der Waals surface area contributed by atoms with E-state index in [0.29, 0.717) is 15.7 Å². The number of aromatic nitrogens is 2. The highest BCUT2D eigenvalue weighted by Gasteiger charge is 2.14. The topological polar surface area (TPSA) is 112 Å². The molecule has 3 rings (SSSR count). The summed E-state index contributed by atoms with van der Waals surface area (Å²) in [7, 11) is 0. The Balaban J connectivity index is 1.70. The number of nitrogens with one attached hydrogen (secondary N) is 1. The van der Waals surface area contributed by atoms with E-state index in [9.17, 15) is 14.7 Å². The lowest BCUT2D eigenvalue weighted by atomic mass is 10.0. The Kier molecular flexibility index (Phi) is 4.71. The number of amides is 1. The van der Waals surface area contributed by atoms with Gasteiger partial charge in [0.2, 0.25) is 11.0 Å². The number of aromatic carboxylic acids is 1. The lowest BCUT2D eigenvalue weighted by Gasteiger charge is -2.05. The van der Waals surface area contributed by atoms with Gasteiger partial charge in [-0.05, 0) is 35.9 Å². The van der Waals surface area contributed by atoms with Crippen LogP contribution in [-0.2, 0) is 11.2 Å². The first-order chi connectivity index (χ1) is 12.0. The minimum absolute atomic E-state index is 0.0728. The number of anilines is 1. The molecule has 0 aliphatic carbocycles. The number of phenols is 1. The molecule has 8 heteroatoms. The first kappa shape index (κ1) is 16.6. The van der Waals surface area contributed by atoms with E-state index >= 15 is 0 Å². The molecule has 0 radical (unpaired) electrons. The molecule has 25 heavy (non-hydrogen) atoms. The third-order valence-corrected chi connectivity index (χ3v) is 4.27. The second-order valence-electron chi connectivity index (χ2n) is 5.15. The number of carboxylic acids is 1. The molecule has 1 aromatic heterocycles. The molecule has 0 aliphatic heterocycles. The predicted molar refractivity (Wildman–Crippen MR) is 92.7 cm³/mol. The van der Waals surface area contributed by atoms with Crippen LogP contribution < -0.4 is 5.32 Å². The lowest BCUT2D eigenvalue weighted by Crippen LogP contribution is -2.16. The second-order valence-corrected chi connectivity index (χ2v) is 6.12. The number of benzene rings is 2. The Morgan fingerprint density at radius 3 is 2.48 bits per heavy atom. The van der Waals surface area contributed by atoms with E-state index in [2.05, 4.69) is 15.5 Å². The van der Waals surface area contributed by atoms with Crippen LogP contribution >= 0.6 is 11.3 Å². The Bertz CT molecular complexity index is 922. The molecule has 126 valence electrons. The molecule has 0 aliphatic rings. The zero-order valence-electron chi connectivity index (χ0n) is 12.8. The number of carbonyl (C=O) groups is 2. The largest absolute Gasteiger partial charge is 0.508 e. The summed E-state index contributed by atoms with van der Waals surface area (Å²) in [5, 5.41) is 29.9. The van der Waals surface area contributed by atoms with Crippen molar-refractivity contribution in [1.29, 1.82) is 0 Å². The van der Waals surface area contributed by atoms with Gasteiger partial charge in [-0.2, -0.15) is 0 Å². The van der Waals surface area contributed by atoms with Gasteiger partial charge < -0.3 is 15.5 Å². The van der Waals surface area contributed by atoms with Crippen molar-refractivity contribution in [3.8, 4) is 16.3 Å². The van der Waals surface area contributed by atoms with Gasteiger partial charge in [0.25, 0.3) is 0 Å². The second kappa shape index (κ2) is 7.10. The van der Waals surface area contributed by atoms with E-state index in [1.54, 1.807) is 30.3 Å². The number of hydrogen-bond acceptors (Lipinski definition) is 6. The predicted octanol–water partition coefficient (Wildman–Crippen LogP) is 2.79. The average Bonchev–Trinajstić information content (AvgIpc) is 3.04. The summed E-state index contributed by atoms with van der Waals surface area (Å²) in [4.78, 5) is 23.3. The maximum absolute atomic E-state index is 12.1. The summed E-state index contributed by atoms with van der Waals surface area (Å²) in [6.45, 7) is 0. The highest BCUT2D eigenvalue weighted by Crippen LogP contribution is 2.27. The molecule has 3 N–H and O–H groups in total. The van der Waals surface area contributed by atoms with Crippen molar-refractivity contribution in [3.63, 3.8) is 0 Å². The first-order valence-corrected chi connectivity index (χ1v) is 8.08. The quantitative estimate of drug-likeness (QED) is 0.649. The van der Waals surface area contributed by atoms with Gasteiger partial charge in [0, 0.05) is 5.56 Å². The summed E-state index contributed by atoms with van der Waals surface area (Å²) in [6, 6.07) is 12.8. The van der Waals surface area contributed by atoms with Crippen LogP contribution in [0.25, 0.3) is 10.6 Å². The minimum Gasteiger partial charge on any atom is -0.508 e. The smallest absolute Gasteiger partial charge is 0.335 e. The van der Waals surface area contributed by atoms with Crippen LogP contribution in [0.1, 0.15) is 15.9 Å². The molecule has 0 spiro atoms. The number of carboxylic acid groups (broad SMARTS) is 1. The van der Waals surface area contributed by atoms with E-state index in [1.165, 1.54) is 29.5 Å². The fourth-order valence-corrected chi connectivity index (χ4v) is 2.98. The number of carbonyl (C=O) groups excluding carboxylic acids is 1. The zero-order chi connectivity index (χ0) is 17.8. The van der Waals surface area contributed by atoms with Crippen LogP contribution in [0.5, 0.6) is 5.75 Å². The van der Waals surface area contributed by atoms with Gasteiger partial charge in [-0.15, -0.1) is 10.2 Å². The van der Waals surface area contributed by atoms with Crippen LogP contribution in [0.4, 0.5) is 5.13 Å². The van der Waals surface area contributed by atoms with Crippen LogP contribution in [0.15, 0.2) is 48.5 Å². The standard InChI is InChI=1S/C17H13N3O4S/c21-12-7-5-10(6-8-12)15-19-20-17(25-15)18-14(22)9-11-3-1-2-4-13(11)16(23)24/h1-8,21H,9H2,(H,23,24)(H,18,20,22). The van der Waals surface area contributed by atoms with Gasteiger partial charge in [0.05, 0.1) is 12.0 Å². The maximum atomic E-state index is 12.1. The number of hydrogen-bond donors (Lipinski definition) is 3. The molecule has 0 saturated heterocycles. The van der Waals surface area contributed by atoms with Gasteiger partial charge in [0.1, 0.15) is 10.8 Å². The van der Waals surface area contributed by atoms with E-state index in [4.69, 9.17) is 5.11 Å². The molecule has 0 atom stereocenters. The Hall–Kier alpha value is -3.26. The van der Waals surface area contributed by atoms with E-state index in [0.717, 1.165) is 5.56 Å². The summed E-state index contributed by atoms with van der Waals surface area (Å²) in [6.07, 6.45) is -0.0728. The molecule has 0 bridgehead atoms. The van der Waals surface area contributed by atoms with Crippen molar-refractivity contribution in [2.24, 2.45) is 0 Å². The van der Waals surface area contributed by atoms with Gasteiger partial charge in [-0.3, -0.25) is 4.79 Å². The monoisotopic (exact) mass is 355 g/mol. The summed E-state index contributed by atoms with van der Waals surface area (Å²) in [5.41, 5.74) is 1.29. The van der Waals surface area contributed by atoms with E-state index in [-0.39, 0.29) is 23.6 Å². The number of phenolic OH excluding ortho intramolecular Hbond substituents is 1. The van der Waals surface area contributed by atoms with Crippen LogP contribution in [-0.4, -0.2) is 32.3 Å². The highest BCUT2D eigenvalue weighted by molar-refractivity contribution is 7.18. The van der Waals surface area contributed by atoms with Crippen LogP contribution in [0, 0.1) is 0 Å². The third kappa shape index (κ3) is 3.99. The molecule has 0 saturated carbocycles. The van der Waals surface area contributed by atoms with Crippen molar-refractivity contribution in [3.05, 3.63) is 59.7 Å². The molecule has 2 aromatic carbocycles. The van der Waals surface area contributed by atoms with Crippen molar-refractivity contribution < 1.29 is 19.8 Å². The van der Waals surface area contributed by atoms with Crippen molar-refractivity contribution in [2.45, 2.75) is 6.42 Å². The summed E-state index contributed by atoms with van der Waals surface area (Å²) < 4.78 is 0. The number of nitrogens with zero attached hydrogens (tertiary/aromatic N) is 2. The molecule has 1 amide bonds. The fraction of sp³-hybridized carbons (Fsp3) is 0.0588. The molecule has 0 unspecified atom stereocenters. The molecular formula is C17H13N3O4S. The normalized spacial score (nSPS) is 10.4. The third-order valence-electron chi connectivity index (χ3n) is 3.38. The SMILES string of the molecule is O=C(Cc1ccccc1C(=O)O)Nc1nnc(-c2ccc(O)cc2)s1. The molecule has 1 heterocycles. The van der Waals surface area contributed by atoms with Gasteiger partial charge in [-0.1, -0.05) is 29.5 Å². The Morgan fingerprint density at radius 2 is 1.76 bits per heavy atom. The van der Waals surface area contributed by atoms with Gasteiger partial charge in [0.15, 0.2) is 0 Å². The maximum Gasteiger partial charge on any atom is 0.335 e. The number of aromatic hydroxyl groups is 1. The lowest BCUT2D eigenvalue weighted by molar-refractivity contribution is -0.115. The van der Waals surface area contributed by atoms with Crippen LogP contribution in [0.2, 0.25) is 0 Å². The van der Waals surface area contributed by atoms with Gasteiger partial charge in [-0.25, -0.2) is 4.79 Å². The van der Waals surface area contributed by atoms with Crippen molar-refractivity contribution in [2.75, 3.05) is 5.32 Å². The van der Waals surface area contributed by atoms with E-state index in [1.807, 2.05) is 0 Å². The van der Waals surface area contributed by atoms with Crippen molar-refractivity contribution >= 4 is 28.3 Å². The van der Waals surface area contributed by atoms with Gasteiger partial charge >= 0.3 is 5.97 Å².